The van der Waals surface area contributed by atoms with E-state index in [0.717, 1.165) is 12.1 Å². The second-order valence-corrected chi connectivity index (χ2v) is 3.81. The van der Waals surface area contributed by atoms with Gasteiger partial charge in [0.15, 0.2) is 0 Å². The normalized spacial score (nSPS) is 12.9. The molecule has 0 atom stereocenters. The van der Waals surface area contributed by atoms with Gasteiger partial charge in [-0.1, -0.05) is 18.7 Å². The van der Waals surface area contributed by atoms with Crippen molar-refractivity contribution in [3.63, 3.8) is 0 Å². The number of halogens is 6. The highest BCUT2D eigenvalue weighted by molar-refractivity contribution is 5.83. The Morgan fingerprint density at radius 1 is 1.14 bits per heavy atom. The highest BCUT2D eigenvalue weighted by Gasteiger charge is 2.72. The van der Waals surface area contributed by atoms with Crippen molar-refractivity contribution in [1.82, 2.24) is 0 Å². The summed E-state index contributed by atoms with van der Waals surface area (Å²) in [5.74, 6) is -13.9. The molecule has 0 aliphatic carbocycles. The maximum atomic E-state index is 13.6. The molecule has 0 amide bonds. The quantitative estimate of drug-likeness (QED) is 0.393. The molecule has 1 aromatic rings. The Bertz CT molecular complexity index is 550. The van der Waals surface area contributed by atoms with E-state index in [4.69, 9.17) is 5.11 Å². The Morgan fingerprint density at radius 3 is 2.14 bits per heavy atom. The molecule has 21 heavy (non-hydrogen) atoms. The van der Waals surface area contributed by atoms with Gasteiger partial charge in [-0.05, 0) is 12.1 Å². The van der Waals surface area contributed by atoms with Crippen LogP contribution < -0.4 is 4.74 Å². The summed E-state index contributed by atoms with van der Waals surface area (Å²) in [5, 5.41) is 7.97. The molecule has 0 saturated heterocycles. The molecule has 0 saturated carbocycles. The fourth-order valence-electron chi connectivity index (χ4n) is 1.32. The number of para-hydroxylation sites is 1. The second kappa shape index (κ2) is 5.40. The van der Waals surface area contributed by atoms with Crippen LogP contribution in [0.15, 0.2) is 36.9 Å². The highest BCUT2D eigenvalue weighted by Crippen LogP contribution is 2.52. The maximum Gasteiger partial charge on any atom is 0.423 e. The average molecular weight is 314 g/mol. The summed E-state index contributed by atoms with van der Waals surface area (Å²) in [7, 11) is 0. The van der Waals surface area contributed by atoms with Crippen molar-refractivity contribution in [3.8, 4) is 5.75 Å². The third-order valence-corrected chi connectivity index (χ3v) is 2.37. The summed E-state index contributed by atoms with van der Waals surface area (Å²) in [6.07, 6.45) is -5.42. The van der Waals surface area contributed by atoms with Crippen LogP contribution in [0, 0.1) is 0 Å². The number of hydrogen-bond donors (Lipinski definition) is 1. The van der Waals surface area contributed by atoms with Crippen LogP contribution >= 0.6 is 0 Å². The summed E-state index contributed by atoms with van der Waals surface area (Å²) in [4.78, 5) is 10.9. The van der Waals surface area contributed by atoms with Gasteiger partial charge in [0, 0.05) is 6.08 Å². The number of esters is 1. The van der Waals surface area contributed by atoms with E-state index in [1.165, 1.54) is 0 Å². The van der Waals surface area contributed by atoms with Crippen LogP contribution in [-0.2, 0) is 10.7 Å². The zero-order valence-corrected chi connectivity index (χ0v) is 10.1. The van der Waals surface area contributed by atoms with E-state index in [1.807, 2.05) is 0 Å². The lowest BCUT2D eigenvalue weighted by Gasteiger charge is -2.30. The van der Waals surface area contributed by atoms with Crippen LogP contribution in [-0.4, -0.2) is 23.1 Å². The minimum Gasteiger partial charge on any atom is -0.423 e. The van der Waals surface area contributed by atoms with Crippen molar-refractivity contribution >= 4 is 5.97 Å². The zero-order chi connectivity index (χ0) is 16.5. The largest absolute Gasteiger partial charge is 0.423 e. The number of aliphatic hydroxyl groups is 1. The Balaban J connectivity index is 3.38. The number of benzene rings is 1. The van der Waals surface area contributed by atoms with Gasteiger partial charge in [-0.25, -0.2) is 4.79 Å². The minimum atomic E-state index is -6.11. The van der Waals surface area contributed by atoms with E-state index in [1.54, 1.807) is 0 Å². The topological polar surface area (TPSA) is 46.5 Å². The van der Waals surface area contributed by atoms with Crippen molar-refractivity contribution in [3.05, 3.63) is 42.5 Å². The molecular weight excluding hydrogens is 306 g/mol. The van der Waals surface area contributed by atoms with Gasteiger partial charge in [-0.2, -0.15) is 26.3 Å². The molecule has 0 heterocycles. The molecule has 9 heteroatoms. The fourth-order valence-corrected chi connectivity index (χ4v) is 1.32. The Morgan fingerprint density at radius 2 is 1.67 bits per heavy atom. The molecule has 1 rings (SSSR count). The van der Waals surface area contributed by atoms with Crippen LogP contribution in [0.4, 0.5) is 26.3 Å². The van der Waals surface area contributed by atoms with Crippen LogP contribution in [0.2, 0.25) is 0 Å². The number of alkyl halides is 6. The van der Waals surface area contributed by atoms with Crippen molar-refractivity contribution < 1.29 is 41.0 Å². The van der Waals surface area contributed by atoms with Crippen LogP contribution in [0.1, 0.15) is 5.56 Å². The summed E-state index contributed by atoms with van der Waals surface area (Å²) in [6, 6.07) is 2.97. The van der Waals surface area contributed by atoms with Crippen molar-refractivity contribution in [2.75, 3.05) is 0 Å². The van der Waals surface area contributed by atoms with Gasteiger partial charge in [0.1, 0.15) is 5.75 Å². The van der Waals surface area contributed by atoms with Gasteiger partial charge in [0.2, 0.25) is 0 Å². The number of rotatable bonds is 5. The highest BCUT2D eigenvalue weighted by atomic mass is 19.3. The lowest BCUT2D eigenvalue weighted by atomic mass is 10.0. The second-order valence-electron chi connectivity index (χ2n) is 3.81. The molecular formula is C12H8F6O3. The standard InChI is InChI=1S/C12H8F6O3/c1-2-9(19)21-8-6-4-3-5-7(8)10(13,14)11(15,16)12(17,18)20/h2-6,20H,1H2. The number of carbonyl (C=O) groups is 1. The molecule has 3 nitrogen and oxygen atoms in total. The van der Waals surface area contributed by atoms with E-state index in [-0.39, 0.29) is 0 Å². The smallest absolute Gasteiger partial charge is 0.423 e. The molecule has 0 fully saturated rings. The molecule has 0 radical (unpaired) electrons. The zero-order valence-electron chi connectivity index (χ0n) is 10.1. The first-order valence-corrected chi connectivity index (χ1v) is 5.24. The Labute approximate surface area is 114 Å². The van der Waals surface area contributed by atoms with Gasteiger partial charge >= 0.3 is 23.9 Å². The van der Waals surface area contributed by atoms with Gasteiger partial charge in [0.05, 0.1) is 5.56 Å². The fraction of sp³-hybridized carbons (Fsp3) is 0.250. The molecule has 0 unspecified atom stereocenters. The Kier molecular flexibility index (Phi) is 4.37. The predicted molar refractivity (Wildman–Crippen MR) is 58.3 cm³/mol. The van der Waals surface area contributed by atoms with Crippen LogP contribution in [0.5, 0.6) is 5.75 Å². The van der Waals surface area contributed by atoms with Crippen LogP contribution in [0.25, 0.3) is 0 Å². The van der Waals surface area contributed by atoms with Crippen LogP contribution in [0.3, 0.4) is 0 Å². The molecule has 0 bridgehead atoms. The van der Waals surface area contributed by atoms with E-state index in [0.29, 0.717) is 18.2 Å². The third kappa shape index (κ3) is 3.02. The van der Waals surface area contributed by atoms with Crippen molar-refractivity contribution in [2.24, 2.45) is 0 Å². The van der Waals surface area contributed by atoms with Gasteiger partial charge in [-0.15, -0.1) is 0 Å². The lowest BCUT2D eigenvalue weighted by Crippen LogP contribution is -2.52. The summed E-state index contributed by atoms with van der Waals surface area (Å²) in [5.41, 5.74) is -1.68. The van der Waals surface area contributed by atoms with Gasteiger partial charge in [0.25, 0.3) is 0 Å². The average Bonchev–Trinajstić information content (AvgIpc) is 2.37. The predicted octanol–water partition coefficient (Wildman–Crippen LogP) is 3.09. The first-order valence-electron chi connectivity index (χ1n) is 5.24. The number of carbonyl (C=O) groups excluding carboxylic acids is 1. The lowest BCUT2D eigenvalue weighted by molar-refractivity contribution is -0.388. The molecule has 0 aliphatic rings. The van der Waals surface area contributed by atoms with Crippen molar-refractivity contribution in [2.45, 2.75) is 18.0 Å². The minimum absolute atomic E-state index is 0.366. The summed E-state index contributed by atoms with van der Waals surface area (Å²) < 4.78 is 82.4. The van der Waals surface area contributed by atoms with E-state index in [2.05, 4.69) is 11.3 Å². The van der Waals surface area contributed by atoms with Gasteiger partial charge in [-0.3, -0.25) is 0 Å². The van der Waals surface area contributed by atoms with E-state index in [9.17, 15) is 31.1 Å². The molecule has 1 aromatic carbocycles. The van der Waals surface area contributed by atoms with Gasteiger partial charge < -0.3 is 9.84 Å². The number of ether oxygens (including phenoxy) is 1. The third-order valence-electron chi connectivity index (χ3n) is 2.37. The monoisotopic (exact) mass is 314 g/mol. The Hall–Kier alpha value is -2.03. The molecule has 116 valence electrons. The SMILES string of the molecule is C=CC(=O)Oc1ccccc1C(F)(F)C(F)(F)C(O)(F)F. The van der Waals surface area contributed by atoms with Crippen molar-refractivity contribution in [1.29, 1.82) is 0 Å². The van der Waals surface area contributed by atoms with E-state index < -0.39 is 35.2 Å². The number of hydrogen-bond acceptors (Lipinski definition) is 3. The molecule has 0 aliphatic heterocycles. The summed E-state index contributed by atoms with van der Waals surface area (Å²) in [6.45, 7) is 2.97. The maximum absolute atomic E-state index is 13.6. The van der Waals surface area contributed by atoms with E-state index >= 15 is 0 Å². The first-order chi connectivity index (χ1) is 9.45. The summed E-state index contributed by atoms with van der Waals surface area (Å²) >= 11 is 0. The molecule has 0 aromatic heterocycles. The molecule has 0 spiro atoms. The first kappa shape index (κ1) is 17.0. The molecule has 1 N–H and O–H groups in total.